The molecular formula is C15H12FN5OS. The van der Waals surface area contributed by atoms with Crippen molar-refractivity contribution in [3.8, 4) is 5.69 Å². The molecule has 1 aromatic heterocycles. The predicted octanol–water partition coefficient (Wildman–Crippen LogP) is 2.12. The van der Waals surface area contributed by atoms with E-state index in [1.807, 2.05) is 30.3 Å². The van der Waals surface area contributed by atoms with Gasteiger partial charge in [0.1, 0.15) is 11.1 Å². The van der Waals surface area contributed by atoms with Gasteiger partial charge in [0, 0.05) is 0 Å². The lowest BCUT2D eigenvalue weighted by Crippen LogP contribution is -2.19. The molecule has 2 N–H and O–H groups in total. The minimum atomic E-state index is -0.718. The zero-order valence-electron chi connectivity index (χ0n) is 11.8. The van der Waals surface area contributed by atoms with Gasteiger partial charge >= 0.3 is 0 Å². The second kappa shape index (κ2) is 6.57. The highest BCUT2D eigenvalue weighted by Crippen LogP contribution is 2.34. The summed E-state index contributed by atoms with van der Waals surface area (Å²) in [7, 11) is 0. The number of hydrogen-bond acceptors (Lipinski definition) is 5. The summed E-state index contributed by atoms with van der Waals surface area (Å²) in [6.45, 7) is 0. The van der Waals surface area contributed by atoms with Gasteiger partial charge in [-0.1, -0.05) is 42.1 Å². The third-order valence-electron chi connectivity index (χ3n) is 3.10. The quantitative estimate of drug-likeness (QED) is 0.725. The number of halogens is 1. The molecule has 0 fully saturated rings. The monoisotopic (exact) mass is 329 g/mol. The molecule has 116 valence electrons. The minimum Gasteiger partial charge on any atom is -0.368 e. The molecule has 2 aromatic carbocycles. The van der Waals surface area contributed by atoms with Crippen LogP contribution in [0, 0.1) is 5.82 Å². The normalized spacial score (nSPS) is 12.0. The Morgan fingerprint density at radius 3 is 2.48 bits per heavy atom. The summed E-state index contributed by atoms with van der Waals surface area (Å²) in [4.78, 5) is 11.8. The fourth-order valence-electron chi connectivity index (χ4n) is 2.02. The number of benzene rings is 2. The Morgan fingerprint density at radius 2 is 1.83 bits per heavy atom. The highest BCUT2D eigenvalue weighted by molar-refractivity contribution is 8.00. The van der Waals surface area contributed by atoms with Crippen LogP contribution in [-0.4, -0.2) is 26.1 Å². The number of primary amides is 1. The Labute approximate surface area is 135 Å². The van der Waals surface area contributed by atoms with Crippen molar-refractivity contribution in [2.75, 3.05) is 0 Å². The van der Waals surface area contributed by atoms with Gasteiger partial charge in [0.15, 0.2) is 0 Å². The first-order valence-corrected chi connectivity index (χ1v) is 7.58. The maximum Gasteiger partial charge on any atom is 0.235 e. The van der Waals surface area contributed by atoms with Crippen molar-refractivity contribution in [2.24, 2.45) is 5.73 Å². The SMILES string of the molecule is NC(=O)C(Sc1nnnn1-c1ccccc1)c1ccc(F)cc1. The molecule has 0 radical (unpaired) electrons. The summed E-state index contributed by atoms with van der Waals surface area (Å²) in [6.07, 6.45) is 0. The summed E-state index contributed by atoms with van der Waals surface area (Å²) in [5.41, 5.74) is 6.84. The van der Waals surface area contributed by atoms with Gasteiger partial charge in [-0.25, -0.2) is 4.39 Å². The van der Waals surface area contributed by atoms with Crippen molar-refractivity contribution in [3.63, 3.8) is 0 Å². The van der Waals surface area contributed by atoms with E-state index >= 15 is 0 Å². The van der Waals surface area contributed by atoms with Crippen molar-refractivity contribution < 1.29 is 9.18 Å². The standard InChI is InChI=1S/C15H12FN5OS/c16-11-8-6-10(7-9-11)13(14(17)22)23-15-18-19-20-21(15)12-4-2-1-3-5-12/h1-9,13H,(H2,17,22). The maximum atomic E-state index is 13.1. The Kier molecular flexibility index (Phi) is 4.33. The van der Waals surface area contributed by atoms with Gasteiger partial charge in [-0.05, 0) is 40.3 Å². The lowest BCUT2D eigenvalue weighted by molar-refractivity contribution is -0.117. The van der Waals surface area contributed by atoms with Crippen LogP contribution in [0.3, 0.4) is 0 Å². The first-order chi connectivity index (χ1) is 11.1. The van der Waals surface area contributed by atoms with Gasteiger partial charge in [-0.2, -0.15) is 4.68 Å². The third-order valence-corrected chi connectivity index (χ3v) is 4.30. The first kappa shape index (κ1) is 15.2. The number of carbonyl (C=O) groups excluding carboxylic acids is 1. The van der Waals surface area contributed by atoms with Crippen molar-refractivity contribution in [3.05, 3.63) is 66.0 Å². The van der Waals surface area contributed by atoms with Crippen molar-refractivity contribution in [2.45, 2.75) is 10.4 Å². The molecule has 0 aliphatic carbocycles. The van der Waals surface area contributed by atoms with Crippen LogP contribution < -0.4 is 5.73 Å². The number of rotatable bonds is 5. The molecule has 0 aliphatic heterocycles. The van der Waals surface area contributed by atoms with Gasteiger partial charge in [-0.15, -0.1) is 5.10 Å². The number of tetrazole rings is 1. The minimum absolute atomic E-state index is 0.379. The molecule has 23 heavy (non-hydrogen) atoms. The molecule has 1 atom stereocenters. The van der Waals surface area contributed by atoms with Crippen LogP contribution in [0.4, 0.5) is 4.39 Å². The molecule has 0 bridgehead atoms. The van der Waals surface area contributed by atoms with E-state index < -0.39 is 11.2 Å². The molecule has 1 amide bonds. The van der Waals surface area contributed by atoms with E-state index in [4.69, 9.17) is 5.73 Å². The topological polar surface area (TPSA) is 86.7 Å². The zero-order valence-corrected chi connectivity index (χ0v) is 12.7. The van der Waals surface area contributed by atoms with Crippen LogP contribution in [0.25, 0.3) is 5.69 Å². The number of nitrogens with zero attached hydrogens (tertiary/aromatic N) is 4. The average Bonchev–Trinajstić information content (AvgIpc) is 3.02. The van der Waals surface area contributed by atoms with E-state index in [1.165, 1.54) is 28.9 Å². The predicted molar refractivity (Wildman–Crippen MR) is 83.3 cm³/mol. The molecule has 6 nitrogen and oxygen atoms in total. The van der Waals surface area contributed by atoms with Crippen molar-refractivity contribution in [1.82, 2.24) is 20.2 Å². The van der Waals surface area contributed by atoms with Crippen LogP contribution in [0.1, 0.15) is 10.8 Å². The van der Waals surface area contributed by atoms with Gasteiger partial charge in [-0.3, -0.25) is 4.79 Å². The molecule has 0 saturated heterocycles. The van der Waals surface area contributed by atoms with E-state index in [1.54, 1.807) is 0 Å². The van der Waals surface area contributed by atoms with E-state index in [0.29, 0.717) is 10.7 Å². The largest absolute Gasteiger partial charge is 0.368 e. The molecule has 0 aliphatic rings. The van der Waals surface area contributed by atoms with Crippen molar-refractivity contribution in [1.29, 1.82) is 0 Å². The Balaban J connectivity index is 1.92. The molecule has 0 spiro atoms. The molecular weight excluding hydrogens is 317 g/mol. The lowest BCUT2D eigenvalue weighted by atomic mass is 10.1. The van der Waals surface area contributed by atoms with Gasteiger partial charge in [0.05, 0.1) is 5.69 Å². The molecule has 0 saturated carbocycles. The fourth-order valence-corrected chi connectivity index (χ4v) is 2.96. The summed E-state index contributed by atoms with van der Waals surface area (Å²) in [5, 5.41) is 11.2. The third kappa shape index (κ3) is 3.37. The first-order valence-electron chi connectivity index (χ1n) is 6.70. The lowest BCUT2D eigenvalue weighted by Gasteiger charge is -2.13. The smallest absolute Gasteiger partial charge is 0.235 e. The van der Waals surface area contributed by atoms with Crippen LogP contribution in [0.2, 0.25) is 0 Å². The number of aromatic nitrogens is 4. The molecule has 1 unspecified atom stereocenters. The molecule has 1 heterocycles. The Hall–Kier alpha value is -2.74. The molecule has 3 rings (SSSR count). The van der Waals surface area contributed by atoms with Crippen LogP contribution in [0.5, 0.6) is 0 Å². The van der Waals surface area contributed by atoms with E-state index in [-0.39, 0.29) is 5.82 Å². The van der Waals surface area contributed by atoms with Crippen molar-refractivity contribution >= 4 is 17.7 Å². The molecule has 3 aromatic rings. The average molecular weight is 329 g/mol. The highest BCUT2D eigenvalue weighted by Gasteiger charge is 2.23. The number of carbonyl (C=O) groups is 1. The fraction of sp³-hybridized carbons (Fsp3) is 0.0667. The summed E-state index contributed by atoms with van der Waals surface area (Å²) >= 11 is 1.11. The van der Waals surface area contributed by atoms with Crippen LogP contribution in [0.15, 0.2) is 59.8 Å². The summed E-state index contributed by atoms with van der Waals surface area (Å²) in [5.74, 6) is -0.930. The number of hydrogen-bond donors (Lipinski definition) is 1. The van der Waals surface area contributed by atoms with Gasteiger partial charge < -0.3 is 5.73 Å². The van der Waals surface area contributed by atoms with E-state index in [0.717, 1.165) is 17.4 Å². The zero-order chi connectivity index (χ0) is 16.2. The van der Waals surface area contributed by atoms with Crippen LogP contribution in [-0.2, 0) is 4.79 Å². The number of thioether (sulfide) groups is 1. The number of nitrogens with two attached hydrogens (primary N) is 1. The second-order valence-corrected chi connectivity index (χ2v) is 5.73. The van der Waals surface area contributed by atoms with Gasteiger partial charge in [0.2, 0.25) is 11.1 Å². The Bertz CT molecular complexity index is 806. The summed E-state index contributed by atoms with van der Waals surface area (Å²) in [6, 6.07) is 14.9. The summed E-state index contributed by atoms with van der Waals surface area (Å²) < 4.78 is 14.6. The Morgan fingerprint density at radius 1 is 1.13 bits per heavy atom. The van der Waals surface area contributed by atoms with E-state index in [2.05, 4.69) is 15.5 Å². The number of amides is 1. The molecule has 8 heteroatoms. The van der Waals surface area contributed by atoms with Crippen LogP contribution >= 0.6 is 11.8 Å². The maximum absolute atomic E-state index is 13.1. The second-order valence-electron chi connectivity index (χ2n) is 4.66. The number of para-hydroxylation sites is 1. The highest BCUT2D eigenvalue weighted by atomic mass is 32.2. The van der Waals surface area contributed by atoms with Gasteiger partial charge in [0.25, 0.3) is 0 Å². The van der Waals surface area contributed by atoms with E-state index in [9.17, 15) is 9.18 Å².